The largest absolute Gasteiger partial charge is 0.444 e. The molecule has 2 aromatic rings. The van der Waals surface area contributed by atoms with Crippen molar-refractivity contribution in [1.29, 1.82) is 5.26 Å². The van der Waals surface area contributed by atoms with E-state index in [1.807, 2.05) is 6.07 Å². The molecule has 0 bridgehead atoms. The summed E-state index contributed by atoms with van der Waals surface area (Å²) in [4.78, 5) is 33.7. The number of halogens is 4. The van der Waals surface area contributed by atoms with Crippen molar-refractivity contribution in [3.63, 3.8) is 0 Å². The van der Waals surface area contributed by atoms with Gasteiger partial charge in [0.2, 0.25) is 5.91 Å². The molecule has 3 heterocycles. The number of rotatable bonds is 4. The van der Waals surface area contributed by atoms with Gasteiger partial charge in [-0.1, -0.05) is 6.07 Å². The van der Waals surface area contributed by atoms with E-state index in [9.17, 15) is 32.4 Å². The first kappa shape index (κ1) is 25.9. The van der Waals surface area contributed by atoms with Gasteiger partial charge < -0.3 is 10.1 Å². The van der Waals surface area contributed by atoms with E-state index in [2.05, 4.69) is 15.3 Å². The number of aromatic nitrogens is 2. The van der Waals surface area contributed by atoms with Crippen LogP contribution in [0.25, 0.3) is 11.1 Å². The number of amides is 2. The number of likely N-dealkylation sites (tertiary alicyclic amines) is 1. The maximum absolute atomic E-state index is 14.0. The summed E-state index contributed by atoms with van der Waals surface area (Å²) >= 11 is 0. The summed E-state index contributed by atoms with van der Waals surface area (Å²) in [7, 11) is 0. The number of hydrogen-bond acceptors (Lipinski definition) is 6. The van der Waals surface area contributed by atoms with Gasteiger partial charge in [-0.25, -0.2) is 9.18 Å². The molecule has 0 radical (unpaired) electrons. The Hall–Kier alpha value is -3.75. The van der Waals surface area contributed by atoms with Crippen LogP contribution in [-0.4, -0.2) is 51.2 Å². The second kappa shape index (κ2) is 9.85. The first-order valence-electron chi connectivity index (χ1n) is 10.6. The average molecular weight is 493 g/mol. The molecule has 0 aliphatic carbocycles. The fourth-order valence-corrected chi connectivity index (χ4v) is 3.50. The van der Waals surface area contributed by atoms with E-state index in [0.717, 1.165) is 17.2 Å². The zero-order valence-corrected chi connectivity index (χ0v) is 19.2. The Kier molecular flexibility index (Phi) is 7.28. The second-order valence-corrected chi connectivity index (χ2v) is 8.96. The molecule has 1 saturated heterocycles. The summed E-state index contributed by atoms with van der Waals surface area (Å²) < 4.78 is 57.7. The molecule has 8 nitrogen and oxygen atoms in total. The topological polar surface area (TPSA) is 108 Å². The molecule has 0 saturated carbocycles. The summed E-state index contributed by atoms with van der Waals surface area (Å²) in [6.45, 7) is 4.57. The van der Waals surface area contributed by atoms with Crippen molar-refractivity contribution in [1.82, 2.24) is 20.2 Å². The number of carbonyl (C=O) groups excluding carboxylic acids is 2. The normalized spacial score (nSPS) is 18.2. The lowest BCUT2D eigenvalue weighted by molar-refractivity contribution is -0.141. The Morgan fingerprint density at radius 2 is 1.94 bits per heavy atom. The van der Waals surface area contributed by atoms with Crippen molar-refractivity contribution in [3.05, 3.63) is 47.5 Å². The lowest BCUT2D eigenvalue weighted by Gasteiger charge is -2.27. The number of nitrogens with one attached hydrogen (secondary N) is 1. The Bertz CT molecular complexity index is 1140. The van der Waals surface area contributed by atoms with Crippen LogP contribution in [0.15, 0.2) is 30.6 Å². The quantitative estimate of drug-likeness (QED) is 0.645. The minimum Gasteiger partial charge on any atom is -0.444 e. The molecule has 12 heteroatoms. The highest BCUT2D eigenvalue weighted by molar-refractivity contribution is 5.86. The molecule has 2 atom stereocenters. The van der Waals surface area contributed by atoms with Crippen molar-refractivity contribution < 1.29 is 31.9 Å². The predicted molar refractivity (Wildman–Crippen MR) is 115 cm³/mol. The molecule has 1 aliphatic heterocycles. The van der Waals surface area contributed by atoms with Crippen LogP contribution in [0.2, 0.25) is 0 Å². The number of hydrogen-bond donors (Lipinski definition) is 1. The van der Waals surface area contributed by atoms with Gasteiger partial charge in [-0.2, -0.15) is 18.4 Å². The molecule has 2 aromatic heterocycles. The number of ether oxygens (including phenoxy) is 1. The molecule has 3 rings (SSSR count). The number of carbonyl (C=O) groups is 2. The fraction of sp³-hybridized carbons (Fsp3) is 0.435. The van der Waals surface area contributed by atoms with E-state index >= 15 is 0 Å². The minimum absolute atomic E-state index is 0.105. The van der Waals surface area contributed by atoms with E-state index in [-0.39, 0.29) is 36.2 Å². The van der Waals surface area contributed by atoms with Crippen molar-refractivity contribution in [2.24, 2.45) is 0 Å². The van der Waals surface area contributed by atoms with Crippen LogP contribution in [0.4, 0.5) is 22.4 Å². The van der Waals surface area contributed by atoms with Gasteiger partial charge in [-0.15, -0.1) is 0 Å². The average Bonchev–Trinajstić information content (AvgIpc) is 3.17. The SMILES string of the molecule is CC(C)(C)OC(=O)N1C[C@H](F)C[C@H]1C(=O)NCc1cc(-c2ccc(C(F)(F)F)nc2)c(C#N)cn1. The molecule has 1 aliphatic rings. The van der Waals surface area contributed by atoms with Crippen LogP contribution >= 0.6 is 0 Å². The standard InChI is InChI=1S/C23H23F4N5O3/c1-22(2,3)35-21(34)32-12-15(24)6-18(32)20(33)31-11-16-7-17(14(8-28)10-29-16)13-4-5-19(30-9-13)23(25,26)27/h4-5,7,9-10,15,18H,6,11-12H2,1-3H3,(H,31,33)/t15-,18+/m1/s1. The molecule has 35 heavy (non-hydrogen) atoms. The lowest BCUT2D eigenvalue weighted by atomic mass is 10.0. The molecule has 0 spiro atoms. The van der Waals surface area contributed by atoms with E-state index in [1.54, 1.807) is 20.8 Å². The Balaban J connectivity index is 1.74. The van der Waals surface area contributed by atoms with Gasteiger partial charge in [0.15, 0.2) is 0 Å². The van der Waals surface area contributed by atoms with Gasteiger partial charge in [0.05, 0.1) is 24.3 Å². The van der Waals surface area contributed by atoms with Crippen LogP contribution in [-0.2, 0) is 22.3 Å². The molecule has 1 fully saturated rings. The van der Waals surface area contributed by atoms with Gasteiger partial charge in [-0.05, 0) is 32.9 Å². The zero-order chi connectivity index (χ0) is 26.0. The van der Waals surface area contributed by atoms with E-state index in [4.69, 9.17) is 4.74 Å². The van der Waals surface area contributed by atoms with Crippen molar-refractivity contribution in [3.8, 4) is 17.2 Å². The minimum atomic E-state index is -4.60. The molecular formula is C23H23F4N5O3. The van der Waals surface area contributed by atoms with Gasteiger partial charge >= 0.3 is 12.3 Å². The predicted octanol–water partition coefficient (Wildman–Crippen LogP) is 4.00. The summed E-state index contributed by atoms with van der Waals surface area (Å²) in [6.07, 6.45) is -4.74. The van der Waals surface area contributed by atoms with Crippen LogP contribution in [0.5, 0.6) is 0 Å². The zero-order valence-electron chi connectivity index (χ0n) is 19.2. The van der Waals surface area contributed by atoms with Gasteiger partial charge in [0.25, 0.3) is 0 Å². The third-order valence-corrected chi connectivity index (χ3v) is 5.07. The van der Waals surface area contributed by atoms with Gasteiger partial charge in [-0.3, -0.25) is 19.7 Å². The number of pyridine rings is 2. The summed E-state index contributed by atoms with van der Waals surface area (Å²) in [5.41, 5.74) is -0.939. The van der Waals surface area contributed by atoms with Gasteiger partial charge in [0.1, 0.15) is 29.6 Å². The Labute approximate surface area is 198 Å². The van der Waals surface area contributed by atoms with Crippen molar-refractivity contribution >= 4 is 12.0 Å². The smallest absolute Gasteiger partial charge is 0.433 e. The van der Waals surface area contributed by atoms with E-state index in [1.165, 1.54) is 18.3 Å². The highest BCUT2D eigenvalue weighted by Crippen LogP contribution is 2.30. The molecule has 186 valence electrons. The van der Waals surface area contributed by atoms with Gasteiger partial charge in [0, 0.05) is 29.9 Å². The third kappa shape index (κ3) is 6.44. The number of nitrogens with zero attached hydrogens (tertiary/aromatic N) is 4. The first-order chi connectivity index (χ1) is 16.3. The Morgan fingerprint density at radius 1 is 1.23 bits per heavy atom. The summed E-state index contributed by atoms with van der Waals surface area (Å²) in [6, 6.07) is 4.28. The Morgan fingerprint density at radius 3 is 2.51 bits per heavy atom. The monoisotopic (exact) mass is 493 g/mol. The van der Waals surface area contributed by atoms with Crippen LogP contribution < -0.4 is 5.32 Å². The molecule has 1 N–H and O–H groups in total. The van der Waals surface area contributed by atoms with E-state index in [0.29, 0.717) is 5.69 Å². The second-order valence-electron chi connectivity index (χ2n) is 8.96. The van der Waals surface area contributed by atoms with Crippen molar-refractivity contribution in [2.45, 2.75) is 57.7 Å². The molecular weight excluding hydrogens is 470 g/mol. The third-order valence-electron chi connectivity index (χ3n) is 5.07. The van der Waals surface area contributed by atoms with Crippen LogP contribution in [0.3, 0.4) is 0 Å². The highest BCUT2D eigenvalue weighted by Gasteiger charge is 2.41. The molecule has 2 amide bonds. The summed E-state index contributed by atoms with van der Waals surface area (Å²) in [5.74, 6) is -0.611. The number of nitriles is 1. The fourth-order valence-electron chi connectivity index (χ4n) is 3.50. The molecule has 0 aromatic carbocycles. The maximum Gasteiger partial charge on any atom is 0.433 e. The lowest BCUT2D eigenvalue weighted by Crippen LogP contribution is -2.47. The summed E-state index contributed by atoms with van der Waals surface area (Å²) in [5, 5.41) is 11.9. The maximum atomic E-state index is 14.0. The van der Waals surface area contributed by atoms with Crippen LogP contribution in [0, 0.1) is 11.3 Å². The number of alkyl halides is 4. The van der Waals surface area contributed by atoms with Crippen molar-refractivity contribution in [2.75, 3.05) is 6.54 Å². The molecule has 0 unspecified atom stereocenters. The van der Waals surface area contributed by atoms with E-state index < -0.39 is 41.7 Å². The first-order valence-corrected chi connectivity index (χ1v) is 10.6. The van der Waals surface area contributed by atoms with Crippen LogP contribution in [0.1, 0.15) is 44.1 Å². The highest BCUT2D eigenvalue weighted by atomic mass is 19.4.